The molecular formula is C20H16N2O4S. The molecule has 2 aromatic heterocycles. The normalized spacial score (nSPS) is 14.1. The maximum Gasteiger partial charge on any atom is 0.271 e. The van der Waals surface area contributed by atoms with Gasteiger partial charge in [0.25, 0.3) is 5.56 Å². The van der Waals surface area contributed by atoms with Crippen LogP contribution in [-0.2, 0) is 0 Å². The first-order valence-electron chi connectivity index (χ1n) is 8.66. The molecule has 2 aromatic carbocycles. The molecular weight excluding hydrogens is 364 g/mol. The van der Waals surface area contributed by atoms with Crippen molar-refractivity contribution in [3.05, 3.63) is 57.0 Å². The Morgan fingerprint density at radius 2 is 2.04 bits per heavy atom. The maximum atomic E-state index is 13.0. The monoisotopic (exact) mass is 380 g/mol. The van der Waals surface area contributed by atoms with E-state index in [0.717, 1.165) is 24.0 Å². The first-order chi connectivity index (χ1) is 13.1. The summed E-state index contributed by atoms with van der Waals surface area (Å²) in [4.78, 5) is 25.9. The molecule has 0 bridgehead atoms. The van der Waals surface area contributed by atoms with E-state index in [1.807, 2.05) is 6.07 Å². The Balaban J connectivity index is 1.98. The molecule has 7 heteroatoms. The molecule has 2 heterocycles. The van der Waals surface area contributed by atoms with E-state index in [4.69, 9.17) is 4.74 Å². The van der Waals surface area contributed by atoms with Gasteiger partial charge in [0.2, 0.25) is 5.43 Å². The van der Waals surface area contributed by atoms with Crippen LogP contribution in [0.1, 0.15) is 18.9 Å². The first kappa shape index (κ1) is 16.1. The van der Waals surface area contributed by atoms with E-state index in [-0.39, 0.29) is 28.2 Å². The summed E-state index contributed by atoms with van der Waals surface area (Å²) in [5.74, 6) is 0.735. The van der Waals surface area contributed by atoms with E-state index in [9.17, 15) is 14.7 Å². The largest absolute Gasteiger partial charge is 0.508 e. The number of hydrogen-bond donors (Lipinski definition) is 2. The summed E-state index contributed by atoms with van der Waals surface area (Å²) in [7, 11) is 1.58. The number of nitrogens with one attached hydrogen (secondary N) is 1. The minimum absolute atomic E-state index is 0.161. The van der Waals surface area contributed by atoms with Gasteiger partial charge in [-0.3, -0.25) is 14.0 Å². The summed E-state index contributed by atoms with van der Waals surface area (Å²) in [5.41, 5.74) is 1.67. The second-order valence-corrected chi connectivity index (χ2v) is 7.53. The number of nitrogens with zero attached hydrogens (tertiary/aromatic N) is 1. The Labute approximate surface area is 157 Å². The Morgan fingerprint density at radius 3 is 2.74 bits per heavy atom. The summed E-state index contributed by atoms with van der Waals surface area (Å²) < 4.78 is 10.5. The minimum atomic E-state index is -0.340. The van der Waals surface area contributed by atoms with Crippen LogP contribution in [0.25, 0.3) is 32.2 Å². The van der Waals surface area contributed by atoms with Crippen LogP contribution < -0.4 is 15.7 Å². The smallest absolute Gasteiger partial charge is 0.271 e. The van der Waals surface area contributed by atoms with E-state index < -0.39 is 0 Å². The molecule has 5 rings (SSSR count). The highest BCUT2D eigenvalue weighted by Crippen LogP contribution is 2.44. The van der Waals surface area contributed by atoms with Crippen LogP contribution in [-0.4, -0.2) is 21.2 Å². The summed E-state index contributed by atoms with van der Waals surface area (Å²) in [6.45, 7) is 0. The number of methoxy groups -OCH3 is 1. The molecule has 0 aliphatic heterocycles. The highest BCUT2D eigenvalue weighted by atomic mass is 32.1. The van der Waals surface area contributed by atoms with Gasteiger partial charge in [0.1, 0.15) is 16.0 Å². The molecule has 27 heavy (non-hydrogen) atoms. The number of phenols is 1. The van der Waals surface area contributed by atoms with Gasteiger partial charge in [-0.25, -0.2) is 0 Å². The number of ether oxygens (including phenoxy) is 1. The number of fused-ring (bicyclic) bond motifs is 2. The van der Waals surface area contributed by atoms with E-state index in [0.29, 0.717) is 21.5 Å². The fourth-order valence-corrected chi connectivity index (χ4v) is 4.60. The third-order valence-electron chi connectivity index (χ3n) is 5.02. The van der Waals surface area contributed by atoms with Crippen molar-refractivity contribution in [3.8, 4) is 22.6 Å². The molecule has 1 aliphatic carbocycles. The predicted molar refractivity (Wildman–Crippen MR) is 106 cm³/mol. The van der Waals surface area contributed by atoms with Crippen molar-refractivity contribution >= 4 is 32.7 Å². The molecule has 2 N–H and O–H groups in total. The number of pyridine rings is 1. The molecule has 4 aromatic rings. The molecule has 0 radical (unpaired) electrons. The zero-order valence-electron chi connectivity index (χ0n) is 14.5. The molecule has 0 unspecified atom stereocenters. The van der Waals surface area contributed by atoms with Gasteiger partial charge >= 0.3 is 0 Å². The molecule has 1 aliphatic rings. The van der Waals surface area contributed by atoms with Crippen LogP contribution in [0.15, 0.2) is 46.0 Å². The lowest BCUT2D eigenvalue weighted by Gasteiger charge is -2.17. The molecule has 0 spiro atoms. The Kier molecular flexibility index (Phi) is 3.42. The summed E-state index contributed by atoms with van der Waals surface area (Å²) in [6.07, 6.45) is 2.00. The molecule has 1 saturated carbocycles. The lowest BCUT2D eigenvalue weighted by Crippen LogP contribution is -2.15. The lowest BCUT2D eigenvalue weighted by atomic mass is 10.0. The highest BCUT2D eigenvalue weighted by molar-refractivity contribution is 7.12. The number of aromatic amines is 1. The van der Waals surface area contributed by atoms with Crippen LogP contribution in [0.3, 0.4) is 0 Å². The number of phenolic OH excluding ortho intramolecular Hbond substituents is 1. The Bertz CT molecular complexity index is 1330. The van der Waals surface area contributed by atoms with Gasteiger partial charge in [-0.05, 0) is 54.2 Å². The van der Waals surface area contributed by atoms with Crippen molar-refractivity contribution in [2.75, 3.05) is 7.11 Å². The maximum absolute atomic E-state index is 13.0. The summed E-state index contributed by atoms with van der Waals surface area (Å²) in [6, 6.07) is 10.7. The highest BCUT2D eigenvalue weighted by Gasteiger charge is 2.30. The predicted octanol–water partition coefficient (Wildman–Crippen LogP) is 3.62. The van der Waals surface area contributed by atoms with Crippen molar-refractivity contribution in [2.45, 2.75) is 18.9 Å². The van der Waals surface area contributed by atoms with E-state index in [1.54, 1.807) is 37.4 Å². The topological polar surface area (TPSA) is 84.3 Å². The van der Waals surface area contributed by atoms with Gasteiger partial charge in [-0.1, -0.05) is 12.1 Å². The van der Waals surface area contributed by atoms with Gasteiger partial charge in [-0.2, -0.15) is 0 Å². The number of hydrogen-bond acceptors (Lipinski definition) is 5. The van der Waals surface area contributed by atoms with Crippen LogP contribution >= 0.6 is 11.5 Å². The fraction of sp³-hybridized carbons (Fsp3) is 0.200. The molecule has 0 atom stereocenters. The summed E-state index contributed by atoms with van der Waals surface area (Å²) >= 11 is 1.19. The second kappa shape index (κ2) is 5.72. The van der Waals surface area contributed by atoms with Crippen molar-refractivity contribution < 1.29 is 9.84 Å². The number of benzene rings is 2. The molecule has 0 saturated heterocycles. The molecule has 6 nitrogen and oxygen atoms in total. The van der Waals surface area contributed by atoms with Crippen molar-refractivity contribution in [1.82, 2.24) is 8.94 Å². The van der Waals surface area contributed by atoms with Crippen LogP contribution in [0.5, 0.6) is 11.5 Å². The lowest BCUT2D eigenvalue weighted by molar-refractivity contribution is 0.419. The van der Waals surface area contributed by atoms with E-state index >= 15 is 0 Å². The minimum Gasteiger partial charge on any atom is -0.508 e. The standard InChI is InChI=1S/C20H16N2O4S/c1-26-18-13(10-3-2-4-12(23)9-10)7-8-14-16(18)22(11-5-6-11)20-15(17(14)24)19(25)21-27-20/h2-4,7-9,11,23H,5-6H2,1H3,(H,21,25). The van der Waals surface area contributed by atoms with Gasteiger partial charge in [0.05, 0.1) is 18.0 Å². The quantitative estimate of drug-likeness (QED) is 0.569. The number of aromatic nitrogens is 2. The molecule has 0 amide bonds. The van der Waals surface area contributed by atoms with Crippen LogP contribution in [0, 0.1) is 0 Å². The third kappa shape index (κ3) is 2.31. The van der Waals surface area contributed by atoms with Crippen molar-refractivity contribution in [1.29, 1.82) is 0 Å². The SMILES string of the molecule is COc1c(-c2cccc(O)c2)ccc2c(=O)c3c(=O)[nH]sc3n(C3CC3)c12. The number of H-pyrrole nitrogens is 1. The Morgan fingerprint density at radius 1 is 1.22 bits per heavy atom. The van der Waals surface area contributed by atoms with E-state index in [1.165, 1.54) is 11.5 Å². The second-order valence-electron chi connectivity index (χ2n) is 6.74. The van der Waals surface area contributed by atoms with Gasteiger partial charge in [0, 0.05) is 11.6 Å². The van der Waals surface area contributed by atoms with Gasteiger partial charge < -0.3 is 14.4 Å². The van der Waals surface area contributed by atoms with Gasteiger partial charge in [-0.15, -0.1) is 0 Å². The zero-order chi connectivity index (χ0) is 18.7. The summed E-state index contributed by atoms with van der Waals surface area (Å²) in [5, 5.41) is 10.5. The fourth-order valence-electron chi connectivity index (χ4n) is 3.68. The van der Waals surface area contributed by atoms with E-state index in [2.05, 4.69) is 8.94 Å². The van der Waals surface area contributed by atoms with Gasteiger partial charge in [0.15, 0.2) is 5.75 Å². The van der Waals surface area contributed by atoms with Crippen LogP contribution in [0.2, 0.25) is 0 Å². The molecule has 136 valence electrons. The van der Waals surface area contributed by atoms with Crippen molar-refractivity contribution in [3.63, 3.8) is 0 Å². The average molecular weight is 380 g/mol. The molecule has 1 fully saturated rings. The zero-order valence-corrected chi connectivity index (χ0v) is 15.3. The number of aromatic hydroxyl groups is 1. The average Bonchev–Trinajstić information content (AvgIpc) is 3.43. The third-order valence-corrected chi connectivity index (χ3v) is 5.90. The van der Waals surface area contributed by atoms with Crippen molar-refractivity contribution in [2.24, 2.45) is 0 Å². The van der Waals surface area contributed by atoms with Crippen LogP contribution in [0.4, 0.5) is 0 Å². The Hall–Kier alpha value is -3.06. The number of rotatable bonds is 3. The first-order valence-corrected chi connectivity index (χ1v) is 9.47.